The van der Waals surface area contributed by atoms with E-state index in [1.807, 2.05) is 0 Å². The van der Waals surface area contributed by atoms with Crippen molar-refractivity contribution in [3.63, 3.8) is 0 Å². The maximum Gasteiger partial charge on any atom is 0.416 e. The van der Waals surface area contributed by atoms with Crippen molar-refractivity contribution in [1.29, 1.82) is 0 Å². The van der Waals surface area contributed by atoms with E-state index in [-0.39, 0.29) is 23.5 Å². The van der Waals surface area contributed by atoms with E-state index in [0.717, 1.165) is 18.2 Å². The third-order valence-corrected chi connectivity index (χ3v) is 5.61. The molecule has 10 heteroatoms. The largest absolute Gasteiger partial charge is 0.452 e. The number of ether oxygens (including phenoxy) is 1. The van der Waals surface area contributed by atoms with Crippen molar-refractivity contribution in [2.45, 2.75) is 25.1 Å². The van der Waals surface area contributed by atoms with E-state index in [9.17, 15) is 31.2 Å². The van der Waals surface area contributed by atoms with E-state index in [1.54, 1.807) is 6.92 Å². The van der Waals surface area contributed by atoms with E-state index >= 15 is 0 Å². The minimum atomic E-state index is -4.60. The first-order valence-electron chi connectivity index (χ1n) is 7.26. The fraction of sp³-hybridized carbons (Fsp3) is 0.467. The summed E-state index contributed by atoms with van der Waals surface area (Å²) in [4.78, 5) is 23.6. The molecule has 2 rings (SSSR count). The minimum absolute atomic E-state index is 0.0478. The Morgan fingerprint density at radius 2 is 2.00 bits per heavy atom. The minimum Gasteiger partial charge on any atom is -0.452 e. The van der Waals surface area contributed by atoms with E-state index in [2.05, 4.69) is 5.32 Å². The van der Waals surface area contributed by atoms with Crippen molar-refractivity contribution in [3.05, 3.63) is 35.4 Å². The van der Waals surface area contributed by atoms with Crippen molar-refractivity contribution in [1.82, 2.24) is 5.32 Å². The van der Waals surface area contributed by atoms with Crippen LogP contribution in [0.15, 0.2) is 24.3 Å². The smallest absolute Gasteiger partial charge is 0.416 e. The third-order valence-electron chi connectivity index (χ3n) is 3.70. The fourth-order valence-corrected chi connectivity index (χ4v) is 4.61. The number of sulfone groups is 1. The topological polar surface area (TPSA) is 89.5 Å². The number of hydrogen-bond acceptors (Lipinski definition) is 5. The van der Waals surface area contributed by atoms with E-state index in [4.69, 9.17) is 4.74 Å². The Labute approximate surface area is 142 Å². The van der Waals surface area contributed by atoms with Gasteiger partial charge in [0.2, 0.25) is 0 Å². The molecule has 0 aliphatic carbocycles. The number of hydrogen-bond donors (Lipinski definition) is 1. The lowest BCUT2D eigenvalue weighted by Gasteiger charge is -2.23. The summed E-state index contributed by atoms with van der Waals surface area (Å²) in [6.07, 6.45) is -4.36. The number of carbonyl (C=O) groups excluding carboxylic acids is 2. The summed E-state index contributed by atoms with van der Waals surface area (Å²) < 4.78 is 65.5. The molecule has 0 bridgehead atoms. The van der Waals surface area contributed by atoms with Gasteiger partial charge in [-0.2, -0.15) is 13.2 Å². The van der Waals surface area contributed by atoms with Crippen molar-refractivity contribution in [2.24, 2.45) is 0 Å². The maximum absolute atomic E-state index is 12.6. The summed E-state index contributed by atoms with van der Waals surface area (Å²) >= 11 is 0. The van der Waals surface area contributed by atoms with Crippen LogP contribution in [0, 0.1) is 0 Å². The summed E-state index contributed by atoms with van der Waals surface area (Å²) in [6.45, 7) is 0.842. The van der Waals surface area contributed by atoms with Crippen LogP contribution < -0.4 is 5.32 Å². The second-order valence-electron chi connectivity index (χ2n) is 6.11. The van der Waals surface area contributed by atoms with Gasteiger partial charge in [-0.15, -0.1) is 0 Å². The second kappa shape index (κ2) is 6.66. The number of alkyl halides is 3. The number of esters is 1. The Morgan fingerprint density at radius 3 is 2.56 bits per heavy atom. The van der Waals surface area contributed by atoms with Gasteiger partial charge in [0.05, 0.1) is 28.2 Å². The standard InChI is InChI=1S/C15H16F3NO5S/c1-14(5-6-25(22,23)9-14)19-12(20)8-24-13(21)10-3-2-4-11(7-10)15(16,17)18/h2-4,7H,5-6,8-9H2,1H3,(H,19,20)/t14-/m1/s1. The molecule has 1 atom stereocenters. The highest BCUT2D eigenvalue weighted by Crippen LogP contribution is 2.29. The van der Waals surface area contributed by atoms with Gasteiger partial charge in [-0.25, -0.2) is 13.2 Å². The molecule has 1 aromatic rings. The average Bonchev–Trinajstić information content (AvgIpc) is 2.77. The number of nitrogens with one attached hydrogen (secondary N) is 1. The number of rotatable bonds is 4. The molecule has 1 heterocycles. The zero-order chi connectivity index (χ0) is 18.9. The first-order valence-corrected chi connectivity index (χ1v) is 9.08. The number of benzene rings is 1. The fourth-order valence-electron chi connectivity index (χ4n) is 2.52. The lowest BCUT2D eigenvalue weighted by Crippen LogP contribution is -2.48. The molecule has 1 aromatic carbocycles. The van der Waals surface area contributed by atoms with Crippen molar-refractivity contribution >= 4 is 21.7 Å². The van der Waals surface area contributed by atoms with Gasteiger partial charge in [-0.05, 0) is 31.5 Å². The van der Waals surface area contributed by atoms with Gasteiger partial charge >= 0.3 is 12.1 Å². The van der Waals surface area contributed by atoms with Crippen molar-refractivity contribution in [2.75, 3.05) is 18.1 Å². The van der Waals surface area contributed by atoms with Crippen LogP contribution in [-0.4, -0.2) is 43.9 Å². The summed E-state index contributed by atoms with van der Waals surface area (Å²) in [5, 5.41) is 2.48. The molecule has 0 aromatic heterocycles. The number of carbonyl (C=O) groups is 2. The Kier molecular flexibility index (Phi) is 5.12. The molecule has 1 amide bonds. The van der Waals surface area contributed by atoms with Crippen molar-refractivity contribution < 1.29 is 35.9 Å². The molecule has 1 aliphatic rings. The summed E-state index contributed by atoms with van der Waals surface area (Å²) in [5.74, 6) is -2.06. The molecule has 1 fully saturated rings. The lowest BCUT2D eigenvalue weighted by atomic mass is 10.0. The molecule has 1 aliphatic heterocycles. The highest BCUT2D eigenvalue weighted by atomic mass is 32.2. The van der Waals surface area contributed by atoms with Gasteiger partial charge in [-0.3, -0.25) is 4.79 Å². The first-order chi connectivity index (χ1) is 11.4. The molecular weight excluding hydrogens is 363 g/mol. The summed E-state index contributed by atoms with van der Waals surface area (Å²) in [7, 11) is -3.22. The van der Waals surface area contributed by atoms with Crippen LogP contribution in [0.25, 0.3) is 0 Å². The van der Waals surface area contributed by atoms with Crippen LogP contribution in [0.2, 0.25) is 0 Å². The lowest BCUT2D eigenvalue weighted by molar-refractivity contribution is -0.137. The van der Waals surface area contributed by atoms with Crippen molar-refractivity contribution in [3.8, 4) is 0 Å². The Balaban J connectivity index is 1.93. The summed E-state index contributed by atoms with van der Waals surface area (Å²) in [6, 6.07) is 3.64. The molecule has 6 nitrogen and oxygen atoms in total. The number of halogens is 3. The van der Waals surface area contributed by atoms with Crippen LogP contribution >= 0.6 is 0 Å². The van der Waals surface area contributed by atoms with Gasteiger partial charge < -0.3 is 10.1 Å². The first kappa shape index (κ1) is 19.2. The quantitative estimate of drug-likeness (QED) is 0.802. The van der Waals surface area contributed by atoms with Crippen LogP contribution in [0.4, 0.5) is 13.2 Å². The summed E-state index contributed by atoms with van der Waals surface area (Å²) in [5.41, 5.74) is -2.29. The zero-order valence-electron chi connectivity index (χ0n) is 13.2. The van der Waals surface area contributed by atoms with Crippen LogP contribution in [0.3, 0.4) is 0 Å². The highest BCUT2D eigenvalue weighted by Gasteiger charge is 2.39. The molecule has 138 valence electrons. The molecule has 0 unspecified atom stereocenters. The Bertz CT molecular complexity index is 791. The maximum atomic E-state index is 12.6. The molecule has 1 saturated heterocycles. The van der Waals surface area contributed by atoms with Gasteiger partial charge in [-0.1, -0.05) is 6.07 Å². The SMILES string of the molecule is C[C@@]1(NC(=O)COC(=O)c2cccc(C(F)(F)F)c2)CCS(=O)(=O)C1. The predicted octanol–water partition coefficient (Wildman–Crippen LogP) is 1.56. The van der Waals surface area contributed by atoms with Gasteiger partial charge in [0.1, 0.15) is 0 Å². The van der Waals surface area contributed by atoms with Crippen LogP contribution in [0.5, 0.6) is 0 Å². The second-order valence-corrected chi connectivity index (χ2v) is 8.29. The Hall–Kier alpha value is -2.10. The average molecular weight is 379 g/mol. The molecular formula is C15H16F3NO5S. The zero-order valence-corrected chi connectivity index (χ0v) is 14.0. The third kappa shape index (κ3) is 5.18. The molecule has 0 saturated carbocycles. The van der Waals surface area contributed by atoms with Crippen LogP contribution in [-0.2, 0) is 25.5 Å². The molecule has 0 radical (unpaired) electrons. The monoisotopic (exact) mass is 379 g/mol. The van der Waals surface area contributed by atoms with E-state index < -0.39 is 45.6 Å². The van der Waals surface area contributed by atoms with Gasteiger partial charge in [0, 0.05) is 0 Å². The highest BCUT2D eigenvalue weighted by molar-refractivity contribution is 7.91. The normalized spacial score (nSPS) is 22.4. The van der Waals surface area contributed by atoms with Crippen LogP contribution in [0.1, 0.15) is 29.3 Å². The Morgan fingerprint density at radius 1 is 1.32 bits per heavy atom. The predicted molar refractivity (Wildman–Crippen MR) is 81.5 cm³/mol. The van der Waals surface area contributed by atoms with E-state index in [0.29, 0.717) is 6.07 Å². The van der Waals surface area contributed by atoms with Gasteiger partial charge in [0.15, 0.2) is 16.4 Å². The van der Waals surface area contributed by atoms with E-state index in [1.165, 1.54) is 0 Å². The van der Waals surface area contributed by atoms with Gasteiger partial charge in [0.25, 0.3) is 5.91 Å². The molecule has 25 heavy (non-hydrogen) atoms. The molecule has 0 spiro atoms. The number of amides is 1. The molecule has 1 N–H and O–H groups in total.